The molecule has 46 valence electrons. The Bertz CT molecular complexity index is 98.6. The Balaban J connectivity index is 3.37. The Hall–Kier alpha value is -0.990. The fourth-order valence-corrected chi connectivity index (χ4v) is 0.213. The Morgan fingerprint density at radius 2 is 2.38 bits per heavy atom. The highest BCUT2D eigenvalue weighted by molar-refractivity contribution is 5.86. The number of methoxy groups -OCH3 is 1. The maximum absolute atomic E-state index is 10.3. The molecule has 1 amide bonds. The fourth-order valence-electron chi connectivity index (χ4n) is 0.213. The lowest BCUT2D eigenvalue weighted by molar-refractivity contribution is -0.116. The molecule has 0 heterocycles. The van der Waals surface area contributed by atoms with Gasteiger partial charge in [0.1, 0.15) is 0 Å². The second kappa shape index (κ2) is 4.18. The smallest absolute Gasteiger partial charge is 0.246 e. The van der Waals surface area contributed by atoms with Gasteiger partial charge in [-0.2, -0.15) is 0 Å². The molecule has 0 saturated heterocycles. The summed E-state index contributed by atoms with van der Waals surface area (Å²) in [6.07, 6.45) is 2.62. The van der Waals surface area contributed by atoms with Gasteiger partial charge < -0.3 is 10.1 Å². The third-order valence-corrected chi connectivity index (χ3v) is 0.602. The van der Waals surface area contributed by atoms with Crippen LogP contribution in [0.1, 0.15) is 0 Å². The van der Waals surface area contributed by atoms with E-state index < -0.39 is 0 Å². The van der Waals surface area contributed by atoms with Gasteiger partial charge in [-0.25, -0.2) is 0 Å². The third kappa shape index (κ3) is 3.21. The summed E-state index contributed by atoms with van der Waals surface area (Å²) in [5, 5.41) is 2.39. The molecular weight excluding hydrogens is 106 g/mol. The summed E-state index contributed by atoms with van der Waals surface area (Å²) in [6.45, 7) is 0. The number of hydrogen-bond acceptors (Lipinski definition) is 2. The topological polar surface area (TPSA) is 38.3 Å². The number of nitrogens with one attached hydrogen (secondary N) is 1. The van der Waals surface area contributed by atoms with Gasteiger partial charge in [0.2, 0.25) is 5.91 Å². The maximum atomic E-state index is 10.3. The van der Waals surface area contributed by atoms with Crippen LogP contribution < -0.4 is 5.32 Å². The van der Waals surface area contributed by atoms with Crippen molar-refractivity contribution < 1.29 is 9.53 Å². The van der Waals surface area contributed by atoms with Crippen molar-refractivity contribution in [3.63, 3.8) is 0 Å². The second-order valence-electron chi connectivity index (χ2n) is 1.15. The molecule has 0 fully saturated rings. The molecule has 0 atom stereocenters. The van der Waals surface area contributed by atoms with E-state index >= 15 is 0 Å². The van der Waals surface area contributed by atoms with E-state index in [1.165, 1.54) is 19.4 Å². The predicted octanol–water partition coefficient (Wildman–Crippen LogP) is -0.108. The van der Waals surface area contributed by atoms with Crippen LogP contribution in [0.5, 0.6) is 0 Å². The van der Waals surface area contributed by atoms with Gasteiger partial charge in [-0.3, -0.25) is 4.79 Å². The first-order valence-electron chi connectivity index (χ1n) is 2.22. The average Bonchev–Trinajstić information content (AvgIpc) is 1.83. The summed E-state index contributed by atoms with van der Waals surface area (Å²) < 4.78 is 4.47. The minimum Gasteiger partial charge on any atom is -0.504 e. The molecule has 3 nitrogen and oxygen atoms in total. The number of carbonyl (C=O) groups excluding carboxylic acids is 1. The van der Waals surface area contributed by atoms with E-state index in [4.69, 9.17) is 0 Å². The van der Waals surface area contributed by atoms with E-state index in [1.54, 1.807) is 7.05 Å². The van der Waals surface area contributed by atoms with Crippen LogP contribution in [0.3, 0.4) is 0 Å². The lowest BCUT2D eigenvalue weighted by Crippen LogP contribution is -2.13. The maximum Gasteiger partial charge on any atom is 0.246 e. The normalized spacial score (nSPS) is 9.25. The van der Waals surface area contributed by atoms with Crippen molar-refractivity contribution >= 4 is 5.91 Å². The van der Waals surface area contributed by atoms with Crippen molar-refractivity contribution in [1.29, 1.82) is 0 Å². The van der Waals surface area contributed by atoms with Crippen LogP contribution in [0.2, 0.25) is 0 Å². The van der Waals surface area contributed by atoms with E-state index in [-0.39, 0.29) is 5.91 Å². The molecule has 0 aromatic carbocycles. The molecular formula is C5H9NO2. The summed E-state index contributed by atoms with van der Waals surface area (Å²) >= 11 is 0. The quantitative estimate of drug-likeness (QED) is 0.403. The van der Waals surface area contributed by atoms with Gasteiger partial charge in [0, 0.05) is 13.1 Å². The lowest BCUT2D eigenvalue weighted by atomic mass is 10.6. The Morgan fingerprint density at radius 1 is 1.75 bits per heavy atom. The van der Waals surface area contributed by atoms with Crippen LogP contribution in [0.15, 0.2) is 12.3 Å². The Kier molecular flexibility index (Phi) is 3.66. The first-order chi connectivity index (χ1) is 3.81. The van der Waals surface area contributed by atoms with Crippen LogP contribution >= 0.6 is 0 Å². The first kappa shape index (κ1) is 7.01. The highest BCUT2D eigenvalue weighted by Gasteiger charge is 1.83. The molecule has 0 radical (unpaired) electrons. The zero-order valence-corrected chi connectivity index (χ0v) is 4.97. The van der Waals surface area contributed by atoms with Gasteiger partial charge in [-0.15, -0.1) is 0 Å². The lowest BCUT2D eigenvalue weighted by Gasteiger charge is -1.87. The molecule has 0 rings (SSSR count). The SMILES string of the molecule is CNC(=O)/C=C\OC. The van der Waals surface area contributed by atoms with Crippen molar-refractivity contribution in [2.75, 3.05) is 14.2 Å². The van der Waals surface area contributed by atoms with Gasteiger partial charge in [-0.1, -0.05) is 0 Å². The van der Waals surface area contributed by atoms with Gasteiger partial charge in [0.05, 0.1) is 13.4 Å². The predicted molar refractivity (Wildman–Crippen MR) is 30.2 cm³/mol. The molecule has 1 N–H and O–H groups in total. The molecule has 0 aromatic heterocycles. The highest BCUT2D eigenvalue weighted by Crippen LogP contribution is 1.70. The largest absolute Gasteiger partial charge is 0.504 e. The molecule has 0 aliphatic carbocycles. The van der Waals surface area contributed by atoms with Crippen molar-refractivity contribution in [3.8, 4) is 0 Å². The van der Waals surface area contributed by atoms with Gasteiger partial charge in [-0.05, 0) is 0 Å². The monoisotopic (exact) mass is 115 g/mol. The molecule has 0 unspecified atom stereocenters. The highest BCUT2D eigenvalue weighted by atomic mass is 16.5. The Labute approximate surface area is 48.3 Å². The molecule has 0 aliphatic heterocycles. The van der Waals surface area contributed by atoms with Crippen molar-refractivity contribution in [2.45, 2.75) is 0 Å². The first-order valence-corrected chi connectivity index (χ1v) is 2.22. The number of amides is 1. The average molecular weight is 115 g/mol. The number of rotatable bonds is 2. The van der Waals surface area contributed by atoms with Crippen molar-refractivity contribution in [1.82, 2.24) is 5.32 Å². The number of hydrogen-bond donors (Lipinski definition) is 1. The van der Waals surface area contributed by atoms with Gasteiger partial charge in [0.25, 0.3) is 0 Å². The molecule has 3 heteroatoms. The van der Waals surface area contributed by atoms with E-state index in [0.29, 0.717) is 0 Å². The minimum absolute atomic E-state index is 0.160. The summed E-state index contributed by atoms with van der Waals surface area (Å²) in [5.41, 5.74) is 0. The minimum atomic E-state index is -0.160. The molecule has 0 aliphatic rings. The summed E-state index contributed by atoms with van der Waals surface area (Å²) in [4.78, 5) is 10.3. The Morgan fingerprint density at radius 3 is 2.75 bits per heavy atom. The number of ether oxygens (including phenoxy) is 1. The zero-order valence-electron chi connectivity index (χ0n) is 4.97. The standard InChI is InChI=1S/C5H9NO2/c1-6-5(7)3-4-8-2/h3-4H,1-2H3,(H,6,7)/b4-3-. The molecule has 0 bridgehead atoms. The molecule has 0 spiro atoms. The molecule has 0 aromatic rings. The number of carbonyl (C=O) groups is 1. The van der Waals surface area contributed by atoms with Crippen LogP contribution in [0.4, 0.5) is 0 Å². The van der Waals surface area contributed by atoms with Crippen LogP contribution in [-0.2, 0) is 9.53 Å². The number of likely N-dealkylation sites (N-methyl/N-ethyl adjacent to an activating group) is 1. The van der Waals surface area contributed by atoms with E-state index in [2.05, 4.69) is 10.1 Å². The summed E-state index contributed by atoms with van der Waals surface area (Å²) in [5.74, 6) is -0.160. The summed E-state index contributed by atoms with van der Waals surface area (Å²) in [7, 11) is 3.04. The van der Waals surface area contributed by atoms with Crippen molar-refractivity contribution in [2.24, 2.45) is 0 Å². The third-order valence-electron chi connectivity index (χ3n) is 0.602. The van der Waals surface area contributed by atoms with E-state index in [0.717, 1.165) is 0 Å². The van der Waals surface area contributed by atoms with Crippen LogP contribution in [0, 0.1) is 0 Å². The van der Waals surface area contributed by atoms with Gasteiger partial charge in [0.15, 0.2) is 0 Å². The fraction of sp³-hybridized carbons (Fsp3) is 0.400. The van der Waals surface area contributed by atoms with E-state index in [9.17, 15) is 4.79 Å². The zero-order chi connectivity index (χ0) is 6.41. The molecule has 8 heavy (non-hydrogen) atoms. The van der Waals surface area contributed by atoms with E-state index in [1.807, 2.05) is 0 Å². The van der Waals surface area contributed by atoms with Crippen molar-refractivity contribution in [3.05, 3.63) is 12.3 Å². The second-order valence-corrected chi connectivity index (χ2v) is 1.15. The van der Waals surface area contributed by atoms with Gasteiger partial charge >= 0.3 is 0 Å². The molecule has 0 saturated carbocycles. The van der Waals surface area contributed by atoms with Crippen LogP contribution in [-0.4, -0.2) is 20.1 Å². The summed E-state index contributed by atoms with van der Waals surface area (Å²) in [6, 6.07) is 0. The van der Waals surface area contributed by atoms with Crippen LogP contribution in [0.25, 0.3) is 0 Å².